The van der Waals surface area contributed by atoms with Crippen LogP contribution in [0.15, 0.2) is 42.5 Å². The largest absolute Gasteiger partial charge is 0.373 e. The van der Waals surface area contributed by atoms with E-state index in [0.717, 1.165) is 6.61 Å². The Labute approximate surface area is 98.1 Å². The fourth-order valence-electron chi connectivity index (χ4n) is 2.38. The van der Waals surface area contributed by atoms with Crippen LogP contribution in [0.2, 0.25) is 0 Å². The molecular weight excluding hydrogens is 196 g/mol. The summed E-state index contributed by atoms with van der Waals surface area (Å²) in [7, 11) is 0. The minimum absolute atomic E-state index is 0.239. The molecule has 1 nitrogen and oxygen atoms in total. The van der Waals surface area contributed by atoms with Crippen LogP contribution in [0.25, 0.3) is 0 Å². The summed E-state index contributed by atoms with van der Waals surface area (Å²) >= 11 is 0. The fraction of sp³-hybridized carbons (Fsp3) is 0.467. The molecule has 16 heavy (non-hydrogen) atoms. The molecule has 0 aliphatic heterocycles. The Bertz CT molecular complexity index is 329. The summed E-state index contributed by atoms with van der Waals surface area (Å²) in [5.41, 5.74) is 1.31. The van der Waals surface area contributed by atoms with Crippen LogP contribution in [0.1, 0.15) is 37.9 Å². The lowest BCUT2D eigenvalue weighted by Gasteiger charge is -2.27. The normalized spacial score (nSPS) is 21.9. The van der Waals surface area contributed by atoms with Crippen LogP contribution >= 0.6 is 0 Å². The molecule has 2 rings (SSSR count). The third kappa shape index (κ3) is 2.73. The van der Waals surface area contributed by atoms with Gasteiger partial charge in [0.2, 0.25) is 0 Å². The van der Waals surface area contributed by atoms with E-state index >= 15 is 0 Å². The lowest BCUT2D eigenvalue weighted by molar-refractivity contribution is 0.0284. The van der Waals surface area contributed by atoms with Crippen LogP contribution in [-0.2, 0) is 4.74 Å². The van der Waals surface area contributed by atoms with E-state index in [1.807, 2.05) is 0 Å². The third-order valence-electron chi connectivity index (χ3n) is 3.15. The molecule has 0 aromatic heterocycles. The van der Waals surface area contributed by atoms with E-state index in [4.69, 9.17) is 4.74 Å². The first-order chi connectivity index (χ1) is 7.92. The van der Waals surface area contributed by atoms with E-state index in [0.29, 0.717) is 5.92 Å². The quantitative estimate of drug-likeness (QED) is 0.688. The maximum absolute atomic E-state index is 5.92. The van der Waals surface area contributed by atoms with Crippen LogP contribution in [0.4, 0.5) is 0 Å². The SMILES string of the molecule is CCOC(c1ccccc1)C1C=CCCC1. The number of hydrogen-bond acceptors (Lipinski definition) is 1. The Morgan fingerprint density at radius 2 is 2.12 bits per heavy atom. The zero-order valence-electron chi connectivity index (χ0n) is 9.93. The van der Waals surface area contributed by atoms with Crippen molar-refractivity contribution in [3.05, 3.63) is 48.0 Å². The fourth-order valence-corrected chi connectivity index (χ4v) is 2.38. The molecule has 0 fully saturated rings. The third-order valence-corrected chi connectivity index (χ3v) is 3.15. The summed E-state index contributed by atoms with van der Waals surface area (Å²) in [6, 6.07) is 10.6. The van der Waals surface area contributed by atoms with Gasteiger partial charge in [0.05, 0.1) is 6.10 Å². The van der Waals surface area contributed by atoms with Crippen molar-refractivity contribution in [2.75, 3.05) is 6.61 Å². The van der Waals surface area contributed by atoms with Crippen molar-refractivity contribution >= 4 is 0 Å². The van der Waals surface area contributed by atoms with Gasteiger partial charge in [-0.25, -0.2) is 0 Å². The molecule has 2 unspecified atom stereocenters. The molecular formula is C15H20O. The summed E-state index contributed by atoms with van der Waals surface area (Å²) in [6.07, 6.45) is 8.63. The van der Waals surface area contributed by atoms with Gasteiger partial charge in [-0.15, -0.1) is 0 Å². The Morgan fingerprint density at radius 1 is 1.31 bits per heavy atom. The highest BCUT2D eigenvalue weighted by Crippen LogP contribution is 2.33. The molecule has 0 bridgehead atoms. The molecule has 2 atom stereocenters. The lowest BCUT2D eigenvalue weighted by atomic mass is 9.87. The molecule has 86 valence electrons. The highest BCUT2D eigenvalue weighted by Gasteiger charge is 2.22. The van der Waals surface area contributed by atoms with Crippen LogP contribution in [-0.4, -0.2) is 6.61 Å². The number of rotatable bonds is 4. The average molecular weight is 216 g/mol. The van der Waals surface area contributed by atoms with Crippen LogP contribution in [0.5, 0.6) is 0 Å². The molecule has 0 amide bonds. The molecule has 0 spiro atoms. The van der Waals surface area contributed by atoms with Crippen molar-refractivity contribution in [1.29, 1.82) is 0 Å². The van der Waals surface area contributed by atoms with Gasteiger partial charge >= 0.3 is 0 Å². The number of ether oxygens (including phenoxy) is 1. The summed E-state index contributed by atoms with van der Waals surface area (Å²) in [4.78, 5) is 0. The Balaban J connectivity index is 2.16. The molecule has 0 saturated carbocycles. The topological polar surface area (TPSA) is 9.23 Å². The van der Waals surface area contributed by atoms with E-state index in [1.165, 1.54) is 24.8 Å². The summed E-state index contributed by atoms with van der Waals surface area (Å²) in [5, 5.41) is 0. The second-order valence-electron chi connectivity index (χ2n) is 4.31. The number of allylic oxidation sites excluding steroid dienone is 1. The van der Waals surface area contributed by atoms with Crippen molar-refractivity contribution in [1.82, 2.24) is 0 Å². The first-order valence-electron chi connectivity index (χ1n) is 6.25. The van der Waals surface area contributed by atoms with Gasteiger partial charge in [0.15, 0.2) is 0 Å². The van der Waals surface area contributed by atoms with Crippen molar-refractivity contribution in [2.24, 2.45) is 5.92 Å². The maximum atomic E-state index is 5.92. The molecule has 1 aromatic rings. The Hall–Kier alpha value is -1.08. The van der Waals surface area contributed by atoms with Gasteiger partial charge in [0.1, 0.15) is 0 Å². The number of hydrogen-bond donors (Lipinski definition) is 0. The zero-order valence-corrected chi connectivity index (χ0v) is 9.93. The van der Waals surface area contributed by atoms with Gasteiger partial charge in [-0.2, -0.15) is 0 Å². The van der Waals surface area contributed by atoms with Crippen molar-refractivity contribution < 1.29 is 4.74 Å². The standard InChI is InChI=1S/C15H20O/c1-2-16-15(13-9-5-3-6-10-13)14-11-7-4-8-12-14/h3,5-7,9-11,14-15H,2,4,8,12H2,1H3. The van der Waals surface area contributed by atoms with Crippen LogP contribution in [0, 0.1) is 5.92 Å². The van der Waals surface area contributed by atoms with E-state index in [-0.39, 0.29) is 6.10 Å². The maximum Gasteiger partial charge on any atom is 0.0887 e. The predicted octanol–water partition coefficient (Wildman–Crippen LogP) is 4.12. The Morgan fingerprint density at radius 3 is 2.75 bits per heavy atom. The van der Waals surface area contributed by atoms with E-state index in [9.17, 15) is 0 Å². The van der Waals surface area contributed by atoms with Crippen LogP contribution < -0.4 is 0 Å². The average Bonchev–Trinajstić information content (AvgIpc) is 2.38. The van der Waals surface area contributed by atoms with Gasteiger partial charge in [-0.05, 0) is 31.7 Å². The molecule has 1 aliphatic rings. The van der Waals surface area contributed by atoms with Gasteiger partial charge in [0.25, 0.3) is 0 Å². The first-order valence-corrected chi connectivity index (χ1v) is 6.25. The summed E-state index contributed by atoms with van der Waals surface area (Å²) in [6.45, 7) is 2.85. The van der Waals surface area contributed by atoms with Gasteiger partial charge in [-0.3, -0.25) is 0 Å². The first kappa shape index (κ1) is 11.4. The molecule has 0 saturated heterocycles. The predicted molar refractivity (Wildman–Crippen MR) is 67.3 cm³/mol. The monoisotopic (exact) mass is 216 g/mol. The highest BCUT2D eigenvalue weighted by atomic mass is 16.5. The minimum atomic E-state index is 0.239. The molecule has 1 aliphatic carbocycles. The Kier molecular flexibility index (Phi) is 4.17. The van der Waals surface area contributed by atoms with Gasteiger partial charge in [0, 0.05) is 12.5 Å². The van der Waals surface area contributed by atoms with Gasteiger partial charge < -0.3 is 4.74 Å². The van der Waals surface area contributed by atoms with Gasteiger partial charge in [-0.1, -0.05) is 42.5 Å². The zero-order chi connectivity index (χ0) is 11.2. The minimum Gasteiger partial charge on any atom is -0.373 e. The molecule has 0 radical (unpaired) electrons. The van der Waals surface area contributed by atoms with Crippen molar-refractivity contribution in [3.63, 3.8) is 0 Å². The van der Waals surface area contributed by atoms with E-state index in [2.05, 4.69) is 49.4 Å². The lowest BCUT2D eigenvalue weighted by Crippen LogP contribution is -2.16. The number of benzene rings is 1. The van der Waals surface area contributed by atoms with Crippen LogP contribution in [0.3, 0.4) is 0 Å². The second kappa shape index (κ2) is 5.86. The molecule has 0 N–H and O–H groups in total. The molecule has 1 heteroatoms. The van der Waals surface area contributed by atoms with E-state index in [1.54, 1.807) is 0 Å². The van der Waals surface area contributed by atoms with Crippen molar-refractivity contribution in [3.8, 4) is 0 Å². The summed E-state index contributed by atoms with van der Waals surface area (Å²) < 4.78 is 5.92. The van der Waals surface area contributed by atoms with Crippen molar-refractivity contribution in [2.45, 2.75) is 32.3 Å². The van der Waals surface area contributed by atoms with E-state index < -0.39 is 0 Å². The highest BCUT2D eigenvalue weighted by molar-refractivity contribution is 5.20. The second-order valence-corrected chi connectivity index (χ2v) is 4.31. The molecule has 1 aromatic carbocycles. The smallest absolute Gasteiger partial charge is 0.0887 e. The molecule has 0 heterocycles. The summed E-state index contributed by atoms with van der Waals surface area (Å²) in [5.74, 6) is 0.552.